The number of carbonyl (C=O) groups excluding carboxylic acids is 1. The van der Waals surface area contributed by atoms with Crippen LogP contribution >= 0.6 is 11.3 Å². The molecule has 0 unspecified atom stereocenters. The molecule has 112 valence electrons. The van der Waals surface area contributed by atoms with Gasteiger partial charge in [-0.05, 0) is 30.1 Å². The molecule has 1 N–H and O–H groups in total. The van der Waals surface area contributed by atoms with E-state index in [9.17, 15) is 13.6 Å². The van der Waals surface area contributed by atoms with Crippen molar-refractivity contribution in [2.75, 3.05) is 18.4 Å². The molecular weight excluding hydrogens is 294 g/mol. The van der Waals surface area contributed by atoms with Gasteiger partial charge in [0.2, 0.25) is 5.91 Å². The summed E-state index contributed by atoms with van der Waals surface area (Å²) >= 11 is 1.64. The van der Waals surface area contributed by atoms with Crippen LogP contribution < -0.4 is 5.32 Å². The summed E-state index contributed by atoms with van der Waals surface area (Å²) in [5.41, 5.74) is 0.256. The molecule has 2 aromatic rings. The fraction of sp³-hybridized carbons (Fsp3) is 0.267. The minimum atomic E-state index is -0.973. The highest BCUT2D eigenvalue weighted by molar-refractivity contribution is 7.09. The van der Waals surface area contributed by atoms with Crippen molar-refractivity contribution in [3.8, 4) is 0 Å². The highest BCUT2D eigenvalue weighted by Crippen LogP contribution is 2.14. The van der Waals surface area contributed by atoms with Crippen molar-refractivity contribution in [2.24, 2.45) is 0 Å². The number of benzene rings is 1. The standard InChI is InChI=1S/C15H16F2N2OS/c1-2-19(9-12-4-3-7-21-12)10-15(20)18-11-5-6-13(16)14(17)8-11/h3-8H,2,9-10H2,1H3,(H,18,20). The average molecular weight is 310 g/mol. The van der Waals surface area contributed by atoms with Crippen molar-refractivity contribution < 1.29 is 13.6 Å². The summed E-state index contributed by atoms with van der Waals surface area (Å²) in [4.78, 5) is 15.1. The van der Waals surface area contributed by atoms with Crippen molar-refractivity contribution >= 4 is 22.9 Å². The van der Waals surface area contributed by atoms with Crippen molar-refractivity contribution in [2.45, 2.75) is 13.5 Å². The molecule has 1 aromatic carbocycles. The van der Waals surface area contributed by atoms with E-state index in [1.165, 1.54) is 10.9 Å². The van der Waals surface area contributed by atoms with Gasteiger partial charge < -0.3 is 5.32 Å². The van der Waals surface area contributed by atoms with Crippen LogP contribution in [0.4, 0.5) is 14.5 Å². The second kappa shape index (κ2) is 7.28. The lowest BCUT2D eigenvalue weighted by molar-refractivity contribution is -0.117. The van der Waals surface area contributed by atoms with Crippen LogP contribution in [0.3, 0.4) is 0 Å². The Bertz CT molecular complexity index is 602. The lowest BCUT2D eigenvalue weighted by Gasteiger charge is -2.19. The summed E-state index contributed by atoms with van der Waals surface area (Å²) in [7, 11) is 0. The molecule has 0 radical (unpaired) electrons. The van der Waals surface area contributed by atoms with Crippen molar-refractivity contribution in [3.63, 3.8) is 0 Å². The van der Waals surface area contributed by atoms with E-state index in [2.05, 4.69) is 5.32 Å². The maximum absolute atomic E-state index is 13.1. The van der Waals surface area contributed by atoms with Crippen LogP contribution in [0.15, 0.2) is 35.7 Å². The van der Waals surface area contributed by atoms with E-state index < -0.39 is 11.6 Å². The summed E-state index contributed by atoms with van der Waals surface area (Å²) in [6, 6.07) is 7.29. The molecule has 0 aliphatic carbocycles. The quantitative estimate of drug-likeness (QED) is 0.886. The molecule has 0 saturated heterocycles. The second-order valence-corrected chi connectivity index (χ2v) is 5.59. The number of hydrogen-bond donors (Lipinski definition) is 1. The first kappa shape index (κ1) is 15.6. The molecule has 0 aliphatic rings. The van der Waals surface area contributed by atoms with E-state index in [0.717, 1.165) is 18.7 Å². The van der Waals surface area contributed by atoms with Gasteiger partial charge in [-0.2, -0.15) is 0 Å². The zero-order valence-corrected chi connectivity index (χ0v) is 12.4. The van der Waals surface area contributed by atoms with Crippen LogP contribution in [0, 0.1) is 11.6 Å². The zero-order chi connectivity index (χ0) is 15.2. The fourth-order valence-electron chi connectivity index (χ4n) is 1.88. The molecule has 0 fully saturated rings. The van der Waals surface area contributed by atoms with Crippen molar-refractivity contribution in [1.82, 2.24) is 4.90 Å². The number of anilines is 1. The Morgan fingerprint density at radius 2 is 2.10 bits per heavy atom. The Balaban J connectivity index is 1.91. The molecule has 1 aromatic heterocycles. The summed E-state index contributed by atoms with van der Waals surface area (Å²) < 4.78 is 25.9. The molecule has 3 nitrogen and oxygen atoms in total. The van der Waals surface area contributed by atoms with E-state index >= 15 is 0 Å². The zero-order valence-electron chi connectivity index (χ0n) is 11.6. The number of likely N-dealkylation sites (N-methyl/N-ethyl adjacent to an activating group) is 1. The summed E-state index contributed by atoms with van der Waals surface area (Å²) in [5.74, 6) is -2.15. The predicted molar refractivity (Wildman–Crippen MR) is 80.3 cm³/mol. The van der Waals surface area contributed by atoms with Crippen LogP contribution in [-0.4, -0.2) is 23.9 Å². The number of hydrogen-bond acceptors (Lipinski definition) is 3. The Morgan fingerprint density at radius 1 is 1.29 bits per heavy atom. The van der Waals surface area contributed by atoms with E-state index in [-0.39, 0.29) is 18.1 Å². The Labute approximate surface area is 126 Å². The molecule has 0 spiro atoms. The smallest absolute Gasteiger partial charge is 0.238 e. The Hall–Kier alpha value is -1.79. The van der Waals surface area contributed by atoms with Gasteiger partial charge >= 0.3 is 0 Å². The largest absolute Gasteiger partial charge is 0.325 e. The van der Waals surface area contributed by atoms with E-state index in [4.69, 9.17) is 0 Å². The van der Waals surface area contributed by atoms with E-state index in [1.807, 2.05) is 29.3 Å². The fourth-order valence-corrected chi connectivity index (χ4v) is 2.63. The first-order chi connectivity index (χ1) is 10.1. The summed E-state index contributed by atoms with van der Waals surface area (Å²) in [6.07, 6.45) is 0. The molecule has 2 rings (SSSR count). The summed E-state index contributed by atoms with van der Waals surface area (Å²) in [6.45, 7) is 3.59. The molecule has 6 heteroatoms. The van der Waals surface area contributed by atoms with Gasteiger partial charge in [0.1, 0.15) is 0 Å². The lowest BCUT2D eigenvalue weighted by Crippen LogP contribution is -2.32. The van der Waals surface area contributed by atoms with Crippen LogP contribution in [-0.2, 0) is 11.3 Å². The van der Waals surface area contributed by atoms with Crippen LogP contribution in [0.1, 0.15) is 11.8 Å². The number of rotatable bonds is 6. The van der Waals surface area contributed by atoms with Gasteiger partial charge in [-0.25, -0.2) is 8.78 Å². The van der Waals surface area contributed by atoms with Crippen LogP contribution in [0.5, 0.6) is 0 Å². The monoisotopic (exact) mass is 310 g/mol. The molecule has 21 heavy (non-hydrogen) atoms. The molecule has 0 saturated carbocycles. The number of carbonyl (C=O) groups is 1. The molecule has 0 aliphatic heterocycles. The SMILES string of the molecule is CCN(CC(=O)Nc1ccc(F)c(F)c1)Cc1cccs1. The van der Waals surface area contributed by atoms with Crippen molar-refractivity contribution in [1.29, 1.82) is 0 Å². The first-order valence-electron chi connectivity index (χ1n) is 6.58. The number of amides is 1. The van der Waals surface area contributed by atoms with Gasteiger partial charge in [0.05, 0.1) is 6.54 Å². The van der Waals surface area contributed by atoms with Gasteiger partial charge in [0.25, 0.3) is 0 Å². The van der Waals surface area contributed by atoms with Gasteiger partial charge in [-0.15, -0.1) is 11.3 Å². The second-order valence-electron chi connectivity index (χ2n) is 4.56. The molecular formula is C15H16F2N2OS. The Morgan fingerprint density at radius 3 is 2.71 bits per heavy atom. The third-order valence-corrected chi connectivity index (χ3v) is 3.84. The number of nitrogens with zero attached hydrogens (tertiary/aromatic N) is 1. The number of nitrogens with one attached hydrogen (secondary N) is 1. The topological polar surface area (TPSA) is 32.3 Å². The molecule has 1 heterocycles. The van der Waals surface area contributed by atoms with E-state index in [0.29, 0.717) is 6.54 Å². The highest BCUT2D eigenvalue weighted by atomic mass is 32.1. The normalized spacial score (nSPS) is 10.9. The first-order valence-corrected chi connectivity index (χ1v) is 7.46. The number of thiophene rings is 1. The van der Waals surface area contributed by atoms with E-state index in [1.54, 1.807) is 11.3 Å². The molecule has 1 amide bonds. The minimum Gasteiger partial charge on any atom is -0.325 e. The third-order valence-electron chi connectivity index (χ3n) is 2.98. The van der Waals surface area contributed by atoms with Gasteiger partial charge in [0, 0.05) is 23.2 Å². The predicted octanol–water partition coefficient (Wildman–Crippen LogP) is 3.49. The van der Waals surface area contributed by atoms with Crippen LogP contribution in [0.2, 0.25) is 0 Å². The Kier molecular flexibility index (Phi) is 5.41. The minimum absolute atomic E-state index is 0.202. The van der Waals surface area contributed by atoms with Crippen LogP contribution in [0.25, 0.3) is 0 Å². The lowest BCUT2D eigenvalue weighted by atomic mass is 10.3. The van der Waals surface area contributed by atoms with Gasteiger partial charge in [0.15, 0.2) is 11.6 Å². The number of halogens is 2. The third kappa shape index (κ3) is 4.61. The highest BCUT2D eigenvalue weighted by Gasteiger charge is 2.11. The molecule has 0 atom stereocenters. The molecule has 0 bridgehead atoms. The maximum Gasteiger partial charge on any atom is 0.238 e. The van der Waals surface area contributed by atoms with Gasteiger partial charge in [-0.1, -0.05) is 13.0 Å². The maximum atomic E-state index is 13.1. The summed E-state index contributed by atoms with van der Waals surface area (Å²) in [5, 5.41) is 4.56. The van der Waals surface area contributed by atoms with Crippen molar-refractivity contribution in [3.05, 3.63) is 52.2 Å². The average Bonchev–Trinajstić information content (AvgIpc) is 2.95. The van der Waals surface area contributed by atoms with Gasteiger partial charge in [-0.3, -0.25) is 9.69 Å².